The standard InChI is InChI=1S/C37H30N2O5/c1-25-8-5-6-9-29(25)24-43-30-16-14-27(15-17-30)35(40)33-34(39(37(42)36(33)41)23-26-18-20-38-21-19-26)28-10-7-13-32(22-28)44-31-11-3-2-4-12-31/h2-22,34,40H,23-24H2,1H3. The molecule has 1 aromatic heterocycles. The van der Waals surface area contributed by atoms with Crippen molar-refractivity contribution in [2.75, 3.05) is 0 Å². The Hall–Kier alpha value is -5.69. The zero-order valence-electron chi connectivity index (χ0n) is 24.1. The van der Waals surface area contributed by atoms with Crippen LogP contribution in [0.4, 0.5) is 0 Å². The van der Waals surface area contributed by atoms with Gasteiger partial charge in [-0.15, -0.1) is 0 Å². The van der Waals surface area contributed by atoms with Crippen LogP contribution in [0, 0.1) is 6.92 Å². The first-order chi connectivity index (χ1) is 21.5. The van der Waals surface area contributed by atoms with E-state index in [1.165, 1.54) is 4.90 Å². The Morgan fingerprint density at radius 3 is 2.25 bits per heavy atom. The van der Waals surface area contributed by atoms with Crippen LogP contribution in [0.2, 0.25) is 0 Å². The molecular formula is C37H30N2O5. The molecule has 5 aromatic rings. The molecule has 0 spiro atoms. The molecule has 1 saturated heterocycles. The highest BCUT2D eigenvalue weighted by Crippen LogP contribution is 2.41. The SMILES string of the molecule is Cc1ccccc1COc1ccc(C(O)=C2C(=O)C(=O)N(Cc3ccncc3)C2c2cccc(Oc3ccccc3)c2)cc1. The minimum absolute atomic E-state index is 0.00879. The van der Waals surface area contributed by atoms with E-state index in [2.05, 4.69) is 4.98 Å². The summed E-state index contributed by atoms with van der Waals surface area (Å²) >= 11 is 0. The van der Waals surface area contributed by atoms with Crippen LogP contribution in [0.5, 0.6) is 17.2 Å². The molecule has 1 N–H and O–H groups in total. The van der Waals surface area contributed by atoms with Crippen LogP contribution in [-0.2, 0) is 22.7 Å². The summed E-state index contributed by atoms with van der Waals surface area (Å²) in [6.45, 7) is 2.59. The molecule has 1 fully saturated rings. The van der Waals surface area contributed by atoms with Gasteiger partial charge in [0.2, 0.25) is 0 Å². The Morgan fingerprint density at radius 1 is 0.795 bits per heavy atom. The molecule has 218 valence electrons. The normalized spacial score (nSPS) is 15.8. The molecule has 4 aromatic carbocycles. The first-order valence-corrected chi connectivity index (χ1v) is 14.3. The number of rotatable bonds is 9. The molecule has 6 rings (SSSR count). The lowest BCUT2D eigenvalue weighted by atomic mass is 9.95. The number of aliphatic hydroxyl groups excluding tert-OH is 1. The van der Waals surface area contributed by atoms with Crippen molar-refractivity contribution in [3.8, 4) is 17.2 Å². The van der Waals surface area contributed by atoms with Crippen molar-refractivity contribution in [1.82, 2.24) is 9.88 Å². The molecule has 0 radical (unpaired) electrons. The third kappa shape index (κ3) is 6.08. The Labute approximate surface area is 255 Å². The Balaban J connectivity index is 1.35. The topological polar surface area (TPSA) is 89.0 Å². The van der Waals surface area contributed by atoms with Gasteiger partial charge in [-0.25, -0.2) is 0 Å². The zero-order chi connectivity index (χ0) is 30.5. The molecule has 1 unspecified atom stereocenters. The highest BCUT2D eigenvalue weighted by atomic mass is 16.5. The van der Waals surface area contributed by atoms with Crippen LogP contribution < -0.4 is 9.47 Å². The number of Topliss-reactive ketones (excluding diaryl/α,β-unsaturated/α-hetero) is 1. The van der Waals surface area contributed by atoms with Crippen molar-refractivity contribution in [2.45, 2.75) is 26.1 Å². The fourth-order valence-corrected chi connectivity index (χ4v) is 5.24. The van der Waals surface area contributed by atoms with Gasteiger partial charge in [-0.2, -0.15) is 0 Å². The third-order valence-corrected chi connectivity index (χ3v) is 7.58. The van der Waals surface area contributed by atoms with Crippen molar-refractivity contribution < 1.29 is 24.2 Å². The average molecular weight is 583 g/mol. The van der Waals surface area contributed by atoms with Crippen molar-refractivity contribution in [1.29, 1.82) is 0 Å². The second-order valence-electron chi connectivity index (χ2n) is 10.5. The molecule has 0 saturated carbocycles. The van der Waals surface area contributed by atoms with Crippen molar-refractivity contribution in [3.05, 3.63) is 161 Å². The van der Waals surface area contributed by atoms with Gasteiger partial charge in [0.1, 0.15) is 29.6 Å². The molecule has 1 aliphatic heterocycles. The lowest BCUT2D eigenvalue weighted by Crippen LogP contribution is -2.29. The number of nitrogens with zero attached hydrogens (tertiary/aromatic N) is 2. The maximum absolute atomic E-state index is 13.6. The number of ether oxygens (including phenoxy) is 2. The van der Waals surface area contributed by atoms with E-state index in [9.17, 15) is 14.7 Å². The molecule has 44 heavy (non-hydrogen) atoms. The summed E-state index contributed by atoms with van der Waals surface area (Å²) in [5.41, 5.74) is 4.06. The zero-order valence-corrected chi connectivity index (χ0v) is 24.1. The Kier molecular flexibility index (Phi) is 8.19. The van der Waals surface area contributed by atoms with Gasteiger partial charge in [0.25, 0.3) is 11.7 Å². The number of aryl methyl sites for hydroxylation is 1. The molecule has 1 amide bonds. The summed E-state index contributed by atoms with van der Waals surface area (Å²) in [6, 6.07) is 34.2. The van der Waals surface area contributed by atoms with E-state index >= 15 is 0 Å². The van der Waals surface area contributed by atoms with Crippen LogP contribution >= 0.6 is 0 Å². The number of hydrogen-bond donors (Lipinski definition) is 1. The number of likely N-dealkylation sites (tertiary alicyclic amines) is 1. The third-order valence-electron chi connectivity index (χ3n) is 7.58. The van der Waals surface area contributed by atoms with Crippen molar-refractivity contribution in [3.63, 3.8) is 0 Å². The minimum atomic E-state index is -0.848. The second kappa shape index (κ2) is 12.7. The van der Waals surface area contributed by atoms with Gasteiger partial charge in [0, 0.05) is 24.5 Å². The van der Waals surface area contributed by atoms with Gasteiger partial charge >= 0.3 is 0 Å². The number of ketones is 1. The van der Waals surface area contributed by atoms with Crippen molar-refractivity contribution >= 4 is 17.4 Å². The van der Waals surface area contributed by atoms with Gasteiger partial charge in [0.15, 0.2) is 0 Å². The first kappa shape index (κ1) is 28.4. The average Bonchev–Trinajstić information content (AvgIpc) is 3.30. The number of amides is 1. The number of benzene rings is 4. The van der Waals surface area contributed by atoms with E-state index in [0.29, 0.717) is 35.0 Å². The predicted octanol–water partition coefficient (Wildman–Crippen LogP) is 7.38. The highest BCUT2D eigenvalue weighted by molar-refractivity contribution is 6.46. The van der Waals surface area contributed by atoms with E-state index < -0.39 is 17.7 Å². The number of carbonyl (C=O) groups excluding carboxylic acids is 2. The Bertz CT molecular complexity index is 1820. The molecule has 1 aliphatic rings. The Morgan fingerprint density at radius 2 is 1.50 bits per heavy atom. The maximum Gasteiger partial charge on any atom is 0.295 e. The predicted molar refractivity (Wildman–Crippen MR) is 167 cm³/mol. The summed E-state index contributed by atoms with van der Waals surface area (Å²) in [5, 5.41) is 11.6. The van der Waals surface area contributed by atoms with Crippen LogP contribution in [0.15, 0.2) is 133 Å². The number of aliphatic hydroxyl groups is 1. The van der Waals surface area contributed by atoms with Crippen LogP contribution in [-0.4, -0.2) is 26.7 Å². The number of aromatic nitrogens is 1. The molecular weight excluding hydrogens is 552 g/mol. The van der Waals surface area contributed by atoms with Crippen LogP contribution in [0.1, 0.15) is 33.9 Å². The molecule has 0 bridgehead atoms. The minimum Gasteiger partial charge on any atom is -0.507 e. The first-order valence-electron chi connectivity index (χ1n) is 14.3. The largest absolute Gasteiger partial charge is 0.507 e. The van der Waals surface area contributed by atoms with E-state index in [-0.39, 0.29) is 17.9 Å². The number of carbonyl (C=O) groups is 2. The molecule has 2 heterocycles. The van der Waals surface area contributed by atoms with Gasteiger partial charge in [-0.3, -0.25) is 14.6 Å². The quantitative estimate of drug-likeness (QED) is 0.111. The van der Waals surface area contributed by atoms with Crippen molar-refractivity contribution in [2.24, 2.45) is 0 Å². The van der Waals surface area contributed by atoms with E-state index in [0.717, 1.165) is 16.7 Å². The van der Waals surface area contributed by atoms with Gasteiger partial charge in [0.05, 0.1) is 11.6 Å². The molecule has 7 heteroatoms. The van der Waals surface area contributed by atoms with Gasteiger partial charge in [-0.05, 0) is 89.8 Å². The number of hydrogen-bond acceptors (Lipinski definition) is 6. The maximum atomic E-state index is 13.6. The highest BCUT2D eigenvalue weighted by Gasteiger charge is 2.46. The van der Waals surface area contributed by atoms with Crippen LogP contribution in [0.25, 0.3) is 5.76 Å². The fourth-order valence-electron chi connectivity index (χ4n) is 5.24. The molecule has 0 aliphatic carbocycles. The lowest BCUT2D eigenvalue weighted by molar-refractivity contribution is -0.140. The summed E-state index contributed by atoms with van der Waals surface area (Å²) in [7, 11) is 0. The summed E-state index contributed by atoms with van der Waals surface area (Å²) in [4.78, 5) is 32.6. The van der Waals surface area contributed by atoms with E-state index in [1.54, 1.807) is 67.0 Å². The molecule has 1 atom stereocenters. The number of para-hydroxylation sites is 1. The van der Waals surface area contributed by atoms with Gasteiger partial charge in [-0.1, -0.05) is 54.6 Å². The van der Waals surface area contributed by atoms with E-state index in [1.807, 2.05) is 67.6 Å². The summed E-state index contributed by atoms with van der Waals surface area (Å²) in [6.07, 6.45) is 3.27. The molecule has 7 nitrogen and oxygen atoms in total. The lowest BCUT2D eigenvalue weighted by Gasteiger charge is -2.25. The smallest absolute Gasteiger partial charge is 0.295 e. The summed E-state index contributed by atoms with van der Waals surface area (Å²) < 4.78 is 12.0. The second-order valence-corrected chi connectivity index (χ2v) is 10.5. The van der Waals surface area contributed by atoms with Crippen LogP contribution in [0.3, 0.4) is 0 Å². The summed E-state index contributed by atoms with van der Waals surface area (Å²) in [5.74, 6) is 0.103. The van der Waals surface area contributed by atoms with Gasteiger partial charge < -0.3 is 19.5 Å². The fraction of sp³-hybridized carbons (Fsp3) is 0.108. The number of pyridine rings is 1. The monoisotopic (exact) mass is 582 g/mol. The van der Waals surface area contributed by atoms with E-state index in [4.69, 9.17) is 9.47 Å².